The zero-order valence-corrected chi connectivity index (χ0v) is 12.1. The molecule has 1 saturated carbocycles. The minimum absolute atomic E-state index is 0.0921. The third kappa shape index (κ3) is 3.53. The van der Waals surface area contributed by atoms with Crippen molar-refractivity contribution >= 4 is 23.2 Å². The number of benzene rings is 2. The van der Waals surface area contributed by atoms with Crippen molar-refractivity contribution in [3.63, 3.8) is 0 Å². The number of anilines is 2. The number of carbonyl (C=O) groups is 2. The van der Waals surface area contributed by atoms with Crippen molar-refractivity contribution in [2.45, 2.75) is 6.42 Å². The van der Waals surface area contributed by atoms with Crippen LogP contribution in [0, 0.1) is 23.5 Å². The van der Waals surface area contributed by atoms with E-state index in [1.807, 2.05) is 6.07 Å². The van der Waals surface area contributed by atoms with Crippen LogP contribution in [0.2, 0.25) is 0 Å². The highest BCUT2D eigenvalue weighted by Gasteiger charge is 2.48. The van der Waals surface area contributed by atoms with Crippen molar-refractivity contribution in [3.8, 4) is 0 Å². The first-order chi connectivity index (χ1) is 11.0. The topological polar surface area (TPSA) is 58.2 Å². The number of para-hydroxylation sites is 1. The molecule has 2 unspecified atom stereocenters. The van der Waals surface area contributed by atoms with Gasteiger partial charge in [-0.3, -0.25) is 9.59 Å². The van der Waals surface area contributed by atoms with Crippen LogP contribution in [0.25, 0.3) is 0 Å². The Morgan fingerprint density at radius 2 is 1.57 bits per heavy atom. The predicted octanol–water partition coefficient (Wildman–Crippen LogP) is 3.18. The van der Waals surface area contributed by atoms with Gasteiger partial charge >= 0.3 is 0 Å². The lowest BCUT2D eigenvalue weighted by Gasteiger charge is -2.07. The standard InChI is InChI=1S/C17H14F2N2O2/c18-10-6-7-15(14(19)8-10)21-17(23)13-9-12(13)16(22)20-11-4-2-1-3-5-11/h1-8,12-13H,9H2,(H,20,22)(H,21,23). The Morgan fingerprint density at radius 1 is 0.913 bits per heavy atom. The fourth-order valence-electron chi connectivity index (χ4n) is 2.35. The first-order valence-electron chi connectivity index (χ1n) is 7.16. The highest BCUT2D eigenvalue weighted by Crippen LogP contribution is 2.40. The van der Waals surface area contributed by atoms with E-state index >= 15 is 0 Å². The molecule has 23 heavy (non-hydrogen) atoms. The van der Waals surface area contributed by atoms with Gasteiger partial charge in [0.2, 0.25) is 11.8 Å². The van der Waals surface area contributed by atoms with Gasteiger partial charge in [-0.25, -0.2) is 8.78 Å². The van der Waals surface area contributed by atoms with E-state index < -0.39 is 29.4 Å². The quantitative estimate of drug-likeness (QED) is 0.910. The SMILES string of the molecule is O=C(Nc1ccccc1)C1CC1C(=O)Nc1ccc(F)cc1F. The van der Waals surface area contributed by atoms with Crippen LogP contribution >= 0.6 is 0 Å². The number of amides is 2. The zero-order chi connectivity index (χ0) is 16.4. The van der Waals surface area contributed by atoms with Crippen LogP contribution < -0.4 is 10.6 Å². The Kier molecular flexibility index (Phi) is 4.06. The molecule has 3 rings (SSSR count). The molecule has 4 nitrogen and oxygen atoms in total. The van der Waals surface area contributed by atoms with Crippen molar-refractivity contribution in [2.75, 3.05) is 10.6 Å². The first-order valence-corrected chi connectivity index (χ1v) is 7.16. The first kappa shape index (κ1) is 15.1. The lowest BCUT2D eigenvalue weighted by Crippen LogP contribution is -2.21. The molecule has 2 aromatic rings. The van der Waals surface area contributed by atoms with Crippen molar-refractivity contribution < 1.29 is 18.4 Å². The predicted molar refractivity (Wildman–Crippen MR) is 81.7 cm³/mol. The number of carbonyl (C=O) groups excluding carboxylic acids is 2. The minimum atomic E-state index is -0.843. The molecular formula is C17H14F2N2O2. The molecule has 2 atom stereocenters. The summed E-state index contributed by atoms with van der Waals surface area (Å²) >= 11 is 0. The van der Waals surface area contributed by atoms with Gasteiger partial charge in [0.1, 0.15) is 11.6 Å². The van der Waals surface area contributed by atoms with E-state index in [9.17, 15) is 18.4 Å². The Morgan fingerprint density at radius 3 is 2.22 bits per heavy atom. The largest absolute Gasteiger partial charge is 0.326 e. The second-order valence-electron chi connectivity index (χ2n) is 5.42. The maximum absolute atomic E-state index is 13.5. The Bertz CT molecular complexity index is 750. The van der Waals surface area contributed by atoms with Crippen molar-refractivity contribution in [3.05, 3.63) is 60.2 Å². The van der Waals surface area contributed by atoms with Gasteiger partial charge < -0.3 is 10.6 Å². The molecule has 6 heteroatoms. The van der Waals surface area contributed by atoms with Crippen LogP contribution in [0.3, 0.4) is 0 Å². The second kappa shape index (κ2) is 6.16. The molecule has 2 N–H and O–H groups in total. The summed E-state index contributed by atoms with van der Waals surface area (Å²) in [4.78, 5) is 24.1. The molecule has 1 aliphatic rings. The van der Waals surface area contributed by atoms with Gasteiger partial charge in [-0.05, 0) is 30.7 Å². The molecular weight excluding hydrogens is 302 g/mol. The molecule has 2 amide bonds. The fourth-order valence-corrected chi connectivity index (χ4v) is 2.35. The smallest absolute Gasteiger partial charge is 0.228 e. The highest BCUT2D eigenvalue weighted by atomic mass is 19.1. The fraction of sp³-hybridized carbons (Fsp3) is 0.176. The molecule has 0 saturated heterocycles. The van der Waals surface area contributed by atoms with Gasteiger partial charge in [-0.15, -0.1) is 0 Å². The summed E-state index contributed by atoms with van der Waals surface area (Å²) in [5, 5.41) is 5.12. The lowest BCUT2D eigenvalue weighted by atomic mass is 10.2. The van der Waals surface area contributed by atoms with Crippen LogP contribution in [-0.2, 0) is 9.59 Å². The van der Waals surface area contributed by atoms with Crippen LogP contribution in [-0.4, -0.2) is 11.8 Å². The maximum atomic E-state index is 13.5. The Hall–Kier alpha value is -2.76. The lowest BCUT2D eigenvalue weighted by molar-refractivity contribution is -0.122. The second-order valence-corrected chi connectivity index (χ2v) is 5.42. The van der Waals surface area contributed by atoms with E-state index in [0.717, 1.165) is 12.1 Å². The summed E-state index contributed by atoms with van der Waals surface area (Å²) in [5.74, 6) is -3.17. The molecule has 118 valence electrons. The molecule has 2 aromatic carbocycles. The number of hydrogen-bond donors (Lipinski definition) is 2. The Labute approximate surface area is 131 Å². The summed E-state index contributed by atoms with van der Waals surface area (Å²) in [7, 11) is 0. The van der Waals surface area contributed by atoms with E-state index in [1.165, 1.54) is 0 Å². The van der Waals surface area contributed by atoms with Gasteiger partial charge in [0.15, 0.2) is 0 Å². The third-order valence-electron chi connectivity index (χ3n) is 3.69. The normalized spacial score (nSPS) is 19.0. The van der Waals surface area contributed by atoms with Crippen LogP contribution in [0.5, 0.6) is 0 Å². The van der Waals surface area contributed by atoms with Crippen LogP contribution in [0.4, 0.5) is 20.2 Å². The minimum Gasteiger partial charge on any atom is -0.326 e. The van der Waals surface area contributed by atoms with Crippen LogP contribution in [0.15, 0.2) is 48.5 Å². The average Bonchev–Trinajstić information content (AvgIpc) is 3.32. The van der Waals surface area contributed by atoms with Crippen molar-refractivity contribution in [1.29, 1.82) is 0 Å². The molecule has 0 spiro atoms. The molecule has 0 aliphatic heterocycles. The molecule has 0 bridgehead atoms. The number of hydrogen-bond acceptors (Lipinski definition) is 2. The molecule has 1 aliphatic carbocycles. The summed E-state index contributed by atoms with van der Waals surface area (Å²) in [6.45, 7) is 0. The van der Waals surface area contributed by atoms with Gasteiger partial charge in [0.25, 0.3) is 0 Å². The van der Waals surface area contributed by atoms with E-state index in [-0.39, 0.29) is 11.6 Å². The number of halogens is 2. The molecule has 1 fully saturated rings. The summed E-state index contributed by atoms with van der Waals surface area (Å²) < 4.78 is 26.3. The maximum Gasteiger partial charge on any atom is 0.228 e. The summed E-state index contributed by atoms with van der Waals surface area (Å²) in [6.07, 6.45) is 0.410. The highest BCUT2D eigenvalue weighted by molar-refractivity contribution is 6.03. The average molecular weight is 316 g/mol. The monoisotopic (exact) mass is 316 g/mol. The van der Waals surface area contributed by atoms with Crippen molar-refractivity contribution in [1.82, 2.24) is 0 Å². The van der Waals surface area contributed by atoms with Gasteiger partial charge in [-0.1, -0.05) is 18.2 Å². The number of nitrogens with one attached hydrogen (secondary N) is 2. The third-order valence-corrected chi connectivity index (χ3v) is 3.69. The van der Waals surface area contributed by atoms with Gasteiger partial charge in [-0.2, -0.15) is 0 Å². The van der Waals surface area contributed by atoms with E-state index in [4.69, 9.17) is 0 Å². The van der Waals surface area contributed by atoms with Gasteiger partial charge in [0.05, 0.1) is 17.5 Å². The van der Waals surface area contributed by atoms with Crippen molar-refractivity contribution in [2.24, 2.45) is 11.8 Å². The molecule has 0 radical (unpaired) electrons. The summed E-state index contributed by atoms with van der Waals surface area (Å²) in [5.41, 5.74) is 0.568. The van der Waals surface area contributed by atoms with E-state index in [0.29, 0.717) is 18.2 Å². The van der Waals surface area contributed by atoms with E-state index in [1.54, 1.807) is 24.3 Å². The molecule has 0 aromatic heterocycles. The zero-order valence-electron chi connectivity index (χ0n) is 12.1. The van der Waals surface area contributed by atoms with E-state index in [2.05, 4.69) is 10.6 Å². The van der Waals surface area contributed by atoms with Gasteiger partial charge in [0, 0.05) is 11.8 Å². The molecule has 0 heterocycles. The Balaban J connectivity index is 1.57. The summed E-state index contributed by atoms with van der Waals surface area (Å²) in [6, 6.07) is 11.8. The van der Waals surface area contributed by atoms with Crippen LogP contribution in [0.1, 0.15) is 6.42 Å². The number of rotatable bonds is 4.